The van der Waals surface area contributed by atoms with Crippen molar-refractivity contribution in [3.05, 3.63) is 0 Å². The second-order valence-electron chi connectivity index (χ2n) is 4.10. The zero-order valence-electron chi connectivity index (χ0n) is 10.7. The molecule has 0 fully saturated rings. The van der Waals surface area contributed by atoms with Gasteiger partial charge in [-0.05, 0) is 19.8 Å². The minimum Gasteiger partial charge on any atom is -0.466 e. The van der Waals surface area contributed by atoms with E-state index in [1.54, 1.807) is 6.92 Å². The minimum absolute atomic E-state index is 0.0470. The molecule has 0 aromatic carbocycles. The van der Waals surface area contributed by atoms with Gasteiger partial charge in [0, 0.05) is 25.1 Å². The lowest BCUT2D eigenvalue weighted by Gasteiger charge is -2.29. The number of ether oxygens (including phenoxy) is 1. The van der Waals surface area contributed by atoms with Crippen molar-refractivity contribution < 1.29 is 14.6 Å². The smallest absolute Gasteiger partial charge is 0.307 e. The summed E-state index contributed by atoms with van der Waals surface area (Å²) in [5.74, 6) is -0.169. The number of carbonyl (C=O) groups is 1. The second kappa shape index (κ2) is 8.53. The number of aliphatic hydroxyl groups excluding tert-OH is 1. The lowest BCUT2D eigenvalue weighted by molar-refractivity contribution is -0.143. The molecule has 0 aromatic rings. The molecule has 0 saturated heterocycles. The van der Waals surface area contributed by atoms with Gasteiger partial charge in [0.15, 0.2) is 0 Å². The molecule has 0 heterocycles. The number of nitrogens with one attached hydrogen (secondary N) is 1. The molecule has 96 valence electrons. The van der Waals surface area contributed by atoms with E-state index in [2.05, 4.69) is 19.2 Å². The minimum atomic E-state index is -0.169. The van der Waals surface area contributed by atoms with Gasteiger partial charge in [-0.25, -0.2) is 0 Å². The fourth-order valence-corrected chi connectivity index (χ4v) is 1.56. The van der Waals surface area contributed by atoms with Gasteiger partial charge in [-0.2, -0.15) is 0 Å². The number of esters is 1. The van der Waals surface area contributed by atoms with E-state index in [9.17, 15) is 9.90 Å². The Morgan fingerprint density at radius 2 is 1.94 bits per heavy atom. The molecule has 16 heavy (non-hydrogen) atoms. The molecule has 0 amide bonds. The normalized spacial score (nSPS) is 11.5. The first-order valence-corrected chi connectivity index (χ1v) is 6.11. The topological polar surface area (TPSA) is 58.6 Å². The molecule has 2 N–H and O–H groups in total. The molecule has 0 atom stereocenters. The van der Waals surface area contributed by atoms with Crippen LogP contribution in [0.15, 0.2) is 0 Å². The lowest BCUT2D eigenvalue weighted by atomic mass is 9.83. The van der Waals surface area contributed by atoms with Gasteiger partial charge < -0.3 is 15.2 Å². The van der Waals surface area contributed by atoms with Crippen LogP contribution in [-0.4, -0.2) is 37.4 Å². The van der Waals surface area contributed by atoms with Crippen LogP contribution in [0.3, 0.4) is 0 Å². The SMILES string of the molecule is CCOC(=O)CCNCC(CC)(CC)CO. The molecule has 0 spiro atoms. The Hall–Kier alpha value is -0.610. The van der Waals surface area contributed by atoms with Crippen molar-refractivity contribution in [1.82, 2.24) is 5.32 Å². The van der Waals surface area contributed by atoms with Crippen molar-refractivity contribution in [3.63, 3.8) is 0 Å². The summed E-state index contributed by atoms with van der Waals surface area (Å²) in [5.41, 5.74) is -0.0470. The molecule has 0 bridgehead atoms. The van der Waals surface area contributed by atoms with Gasteiger partial charge in [0.2, 0.25) is 0 Å². The van der Waals surface area contributed by atoms with Gasteiger partial charge in [-0.3, -0.25) is 4.79 Å². The molecule has 0 radical (unpaired) electrons. The van der Waals surface area contributed by atoms with Crippen molar-refractivity contribution in [2.45, 2.75) is 40.0 Å². The predicted octanol–water partition coefficient (Wildman–Crippen LogP) is 1.33. The van der Waals surface area contributed by atoms with E-state index < -0.39 is 0 Å². The average molecular weight is 231 g/mol. The van der Waals surface area contributed by atoms with E-state index in [0.29, 0.717) is 19.6 Å². The largest absolute Gasteiger partial charge is 0.466 e. The van der Waals surface area contributed by atoms with Crippen LogP contribution < -0.4 is 5.32 Å². The molecular formula is C12H25NO3. The van der Waals surface area contributed by atoms with E-state index in [0.717, 1.165) is 19.4 Å². The van der Waals surface area contributed by atoms with Crippen molar-refractivity contribution >= 4 is 5.97 Å². The molecule has 0 aliphatic heterocycles. The third kappa shape index (κ3) is 5.47. The fourth-order valence-electron chi connectivity index (χ4n) is 1.56. The van der Waals surface area contributed by atoms with Crippen molar-refractivity contribution in [1.29, 1.82) is 0 Å². The number of hydrogen-bond acceptors (Lipinski definition) is 4. The molecule has 0 rings (SSSR count). The highest BCUT2D eigenvalue weighted by Crippen LogP contribution is 2.24. The van der Waals surface area contributed by atoms with Gasteiger partial charge in [-0.15, -0.1) is 0 Å². The second-order valence-corrected chi connectivity index (χ2v) is 4.10. The molecule has 0 aromatic heterocycles. The third-order valence-corrected chi connectivity index (χ3v) is 3.15. The van der Waals surface area contributed by atoms with Crippen LogP contribution >= 0.6 is 0 Å². The van der Waals surface area contributed by atoms with Crippen LogP contribution in [0.4, 0.5) is 0 Å². The number of aliphatic hydroxyl groups is 1. The van der Waals surface area contributed by atoms with E-state index in [4.69, 9.17) is 4.74 Å². The van der Waals surface area contributed by atoms with Gasteiger partial charge in [0.1, 0.15) is 0 Å². The van der Waals surface area contributed by atoms with E-state index >= 15 is 0 Å². The van der Waals surface area contributed by atoms with Crippen LogP contribution in [0, 0.1) is 5.41 Å². The summed E-state index contributed by atoms with van der Waals surface area (Å²) < 4.78 is 4.82. The van der Waals surface area contributed by atoms with Gasteiger partial charge in [0.25, 0.3) is 0 Å². The Morgan fingerprint density at radius 3 is 2.38 bits per heavy atom. The number of rotatable bonds is 9. The Labute approximate surface area is 98.4 Å². The zero-order chi connectivity index (χ0) is 12.4. The quantitative estimate of drug-likeness (QED) is 0.464. The first-order chi connectivity index (χ1) is 7.64. The summed E-state index contributed by atoms with van der Waals surface area (Å²) in [6.07, 6.45) is 2.27. The van der Waals surface area contributed by atoms with Crippen LogP contribution in [0.5, 0.6) is 0 Å². The summed E-state index contributed by atoms with van der Waals surface area (Å²) in [5, 5.41) is 12.5. The maximum atomic E-state index is 11.1. The molecule has 0 aliphatic rings. The zero-order valence-corrected chi connectivity index (χ0v) is 10.7. The van der Waals surface area contributed by atoms with Crippen molar-refractivity contribution in [2.75, 3.05) is 26.3 Å². The highest BCUT2D eigenvalue weighted by molar-refractivity contribution is 5.69. The predicted molar refractivity (Wildman–Crippen MR) is 64.2 cm³/mol. The Bertz CT molecular complexity index is 182. The maximum Gasteiger partial charge on any atom is 0.307 e. The Kier molecular flexibility index (Phi) is 8.21. The van der Waals surface area contributed by atoms with Gasteiger partial charge >= 0.3 is 5.97 Å². The number of carbonyl (C=O) groups excluding carboxylic acids is 1. The third-order valence-electron chi connectivity index (χ3n) is 3.15. The van der Waals surface area contributed by atoms with E-state index in [1.807, 2.05) is 0 Å². The average Bonchev–Trinajstić information content (AvgIpc) is 2.31. The van der Waals surface area contributed by atoms with Crippen LogP contribution in [-0.2, 0) is 9.53 Å². The molecule has 4 nitrogen and oxygen atoms in total. The maximum absolute atomic E-state index is 11.1. The summed E-state index contributed by atoms with van der Waals surface area (Å²) in [6, 6.07) is 0. The van der Waals surface area contributed by atoms with Crippen molar-refractivity contribution in [3.8, 4) is 0 Å². The van der Waals surface area contributed by atoms with Gasteiger partial charge in [-0.1, -0.05) is 13.8 Å². The van der Waals surface area contributed by atoms with Crippen molar-refractivity contribution in [2.24, 2.45) is 5.41 Å². The molecule has 4 heteroatoms. The van der Waals surface area contributed by atoms with E-state index in [-0.39, 0.29) is 18.0 Å². The first kappa shape index (κ1) is 15.4. The summed E-state index contributed by atoms with van der Waals surface area (Å²) in [4.78, 5) is 11.1. The first-order valence-electron chi connectivity index (χ1n) is 6.11. The standard InChI is InChI=1S/C12H25NO3/c1-4-12(5-2,10-14)9-13-8-7-11(15)16-6-3/h13-14H,4-10H2,1-3H3. The molecule has 0 saturated carbocycles. The molecule has 0 aliphatic carbocycles. The lowest BCUT2D eigenvalue weighted by Crippen LogP contribution is -2.37. The van der Waals surface area contributed by atoms with Crippen LogP contribution in [0.1, 0.15) is 40.0 Å². The fraction of sp³-hybridized carbons (Fsp3) is 0.917. The highest BCUT2D eigenvalue weighted by Gasteiger charge is 2.24. The molecular weight excluding hydrogens is 206 g/mol. The summed E-state index contributed by atoms with van der Waals surface area (Å²) >= 11 is 0. The Morgan fingerprint density at radius 1 is 1.31 bits per heavy atom. The van der Waals surface area contributed by atoms with Crippen LogP contribution in [0.2, 0.25) is 0 Å². The van der Waals surface area contributed by atoms with E-state index in [1.165, 1.54) is 0 Å². The van der Waals surface area contributed by atoms with Gasteiger partial charge in [0.05, 0.1) is 13.0 Å². The molecule has 0 unspecified atom stereocenters. The monoisotopic (exact) mass is 231 g/mol. The highest BCUT2D eigenvalue weighted by atomic mass is 16.5. The Balaban J connectivity index is 3.74. The summed E-state index contributed by atoms with van der Waals surface area (Å²) in [6.45, 7) is 7.93. The number of hydrogen-bond donors (Lipinski definition) is 2. The van der Waals surface area contributed by atoms with Crippen LogP contribution in [0.25, 0.3) is 0 Å². The summed E-state index contributed by atoms with van der Waals surface area (Å²) in [7, 11) is 0.